The van der Waals surface area contributed by atoms with Crippen molar-refractivity contribution < 1.29 is 33.0 Å². The SMILES string of the molecule is CCOC(=O)[C@@H](C)Oc1cc(O[C@H](C)C(=O)OCC)c2c(=O)cc(-c3ccccc3)oc2c1. The third kappa shape index (κ3) is 5.71. The Morgan fingerprint density at radius 3 is 2.09 bits per heavy atom. The molecule has 0 fully saturated rings. The molecule has 0 N–H and O–H groups in total. The molecule has 8 nitrogen and oxygen atoms in total. The maximum atomic E-state index is 13.0. The lowest BCUT2D eigenvalue weighted by Gasteiger charge is -2.18. The molecule has 0 aliphatic carbocycles. The molecule has 1 aromatic heterocycles. The molecule has 1 heterocycles. The predicted molar refractivity (Wildman–Crippen MR) is 121 cm³/mol. The highest BCUT2D eigenvalue weighted by molar-refractivity contribution is 5.87. The van der Waals surface area contributed by atoms with Gasteiger partial charge in [-0.1, -0.05) is 30.3 Å². The minimum absolute atomic E-state index is 0.0764. The normalized spacial score (nSPS) is 12.6. The lowest BCUT2D eigenvalue weighted by Crippen LogP contribution is -2.27. The molecular weight excluding hydrogens is 428 g/mol. The fourth-order valence-corrected chi connectivity index (χ4v) is 3.14. The highest BCUT2D eigenvalue weighted by Crippen LogP contribution is 2.33. The van der Waals surface area contributed by atoms with Crippen LogP contribution < -0.4 is 14.9 Å². The summed E-state index contributed by atoms with van der Waals surface area (Å²) in [5, 5.41) is 0.141. The summed E-state index contributed by atoms with van der Waals surface area (Å²) in [5.74, 6) is -0.482. The average Bonchev–Trinajstić information content (AvgIpc) is 2.79. The Hall–Kier alpha value is -3.81. The molecule has 0 unspecified atom stereocenters. The zero-order valence-corrected chi connectivity index (χ0v) is 19.0. The number of esters is 2. The molecule has 3 rings (SSSR count). The van der Waals surface area contributed by atoms with Gasteiger partial charge in [0.1, 0.15) is 28.2 Å². The summed E-state index contributed by atoms with van der Waals surface area (Å²) < 4.78 is 27.5. The van der Waals surface area contributed by atoms with Crippen LogP contribution in [-0.2, 0) is 19.1 Å². The average molecular weight is 454 g/mol. The van der Waals surface area contributed by atoms with E-state index >= 15 is 0 Å². The van der Waals surface area contributed by atoms with Crippen molar-refractivity contribution in [1.29, 1.82) is 0 Å². The minimum atomic E-state index is -0.987. The third-order valence-electron chi connectivity index (χ3n) is 4.68. The molecule has 0 aliphatic heterocycles. The first-order chi connectivity index (χ1) is 15.8. The summed E-state index contributed by atoms with van der Waals surface area (Å²) in [7, 11) is 0. The Morgan fingerprint density at radius 2 is 1.48 bits per heavy atom. The highest BCUT2D eigenvalue weighted by Gasteiger charge is 2.22. The van der Waals surface area contributed by atoms with E-state index < -0.39 is 24.1 Å². The van der Waals surface area contributed by atoms with Crippen molar-refractivity contribution in [3.8, 4) is 22.8 Å². The number of carbonyl (C=O) groups is 2. The monoisotopic (exact) mass is 454 g/mol. The van der Waals surface area contributed by atoms with Gasteiger partial charge in [-0.15, -0.1) is 0 Å². The van der Waals surface area contributed by atoms with Crippen LogP contribution in [0.1, 0.15) is 27.7 Å². The van der Waals surface area contributed by atoms with E-state index in [1.165, 1.54) is 25.1 Å². The zero-order valence-electron chi connectivity index (χ0n) is 19.0. The second-order valence-corrected chi connectivity index (χ2v) is 7.16. The predicted octanol–water partition coefficient (Wildman–Crippen LogP) is 4.12. The molecule has 2 aromatic carbocycles. The Kier molecular flexibility index (Phi) is 7.71. The van der Waals surface area contributed by atoms with Crippen molar-refractivity contribution in [3.05, 3.63) is 58.8 Å². The maximum Gasteiger partial charge on any atom is 0.347 e. The summed E-state index contributed by atoms with van der Waals surface area (Å²) in [4.78, 5) is 37.1. The molecule has 0 radical (unpaired) electrons. The summed E-state index contributed by atoms with van der Waals surface area (Å²) in [6.07, 6.45) is -1.90. The molecule has 0 saturated heterocycles. The zero-order chi connectivity index (χ0) is 24.0. The van der Waals surface area contributed by atoms with Gasteiger partial charge in [0.15, 0.2) is 17.6 Å². The quantitative estimate of drug-likeness (QED) is 0.445. The van der Waals surface area contributed by atoms with Crippen molar-refractivity contribution in [3.63, 3.8) is 0 Å². The minimum Gasteiger partial charge on any atom is -0.479 e. The number of hydrogen-bond acceptors (Lipinski definition) is 8. The van der Waals surface area contributed by atoms with E-state index in [2.05, 4.69) is 0 Å². The van der Waals surface area contributed by atoms with Gasteiger partial charge in [-0.3, -0.25) is 4.79 Å². The first kappa shape index (κ1) is 23.8. The Labute approximate surface area is 191 Å². The number of carbonyl (C=O) groups excluding carboxylic acids is 2. The van der Waals surface area contributed by atoms with Crippen LogP contribution in [0.15, 0.2) is 57.7 Å². The molecule has 0 spiro atoms. The van der Waals surface area contributed by atoms with E-state index in [9.17, 15) is 14.4 Å². The molecule has 174 valence electrons. The lowest BCUT2D eigenvalue weighted by molar-refractivity contribution is -0.151. The molecule has 0 bridgehead atoms. The van der Waals surface area contributed by atoms with Gasteiger partial charge in [0, 0.05) is 23.8 Å². The van der Waals surface area contributed by atoms with Crippen LogP contribution in [0.5, 0.6) is 11.5 Å². The van der Waals surface area contributed by atoms with Gasteiger partial charge in [-0.25, -0.2) is 9.59 Å². The molecule has 33 heavy (non-hydrogen) atoms. The van der Waals surface area contributed by atoms with Gasteiger partial charge in [-0.05, 0) is 27.7 Å². The van der Waals surface area contributed by atoms with Crippen LogP contribution in [0.4, 0.5) is 0 Å². The molecule has 2 atom stereocenters. The van der Waals surface area contributed by atoms with Gasteiger partial charge < -0.3 is 23.4 Å². The summed E-state index contributed by atoms with van der Waals surface area (Å²) in [6.45, 7) is 6.84. The number of fused-ring (bicyclic) bond motifs is 1. The number of hydrogen-bond donors (Lipinski definition) is 0. The highest BCUT2D eigenvalue weighted by atomic mass is 16.6. The second kappa shape index (κ2) is 10.7. The Bertz CT molecular complexity index is 1180. The van der Waals surface area contributed by atoms with Crippen molar-refractivity contribution in [2.45, 2.75) is 39.9 Å². The summed E-state index contributed by atoms with van der Waals surface area (Å²) in [6, 6.07) is 13.4. The van der Waals surface area contributed by atoms with Gasteiger partial charge in [0.25, 0.3) is 0 Å². The van der Waals surface area contributed by atoms with E-state index in [1.807, 2.05) is 30.3 Å². The smallest absolute Gasteiger partial charge is 0.347 e. The second-order valence-electron chi connectivity index (χ2n) is 7.16. The van der Waals surface area contributed by atoms with E-state index in [4.69, 9.17) is 23.4 Å². The van der Waals surface area contributed by atoms with Crippen LogP contribution in [0, 0.1) is 0 Å². The number of benzene rings is 2. The van der Waals surface area contributed by atoms with Crippen molar-refractivity contribution in [1.82, 2.24) is 0 Å². The largest absolute Gasteiger partial charge is 0.479 e. The third-order valence-corrected chi connectivity index (χ3v) is 4.68. The lowest BCUT2D eigenvalue weighted by atomic mass is 10.1. The fraction of sp³-hybridized carbons (Fsp3) is 0.320. The van der Waals surface area contributed by atoms with E-state index in [0.717, 1.165) is 0 Å². The molecule has 8 heteroatoms. The fourth-order valence-electron chi connectivity index (χ4n) is 3.14. The van der Waals surface area contributed by atoms with Gasteiger partial charge in [0.2, 0.25) is 0 Å². The molecule has 0 amide bonds. The summed E-state index contributed by atoms with van der Waals surface area (Å²) >= 11 is 0. The van der Waals surface area contributed by atoms with Crippen LogP contribution in [0.25, 0.3) is 22.3 Å². The van der Waals surface area contributed by atoms with Gasteiger partial charge in [0.05, 0.1) is 13.2 Å². The molecule has 3 aromatic rings. The van der Waals surface area contributed by atoms with Crippen molar-refractivity contribution >= 4 is 22.9 Å². The Balaban J connectivity index is 2.09. The first-order valence-electron chi connectivity index (χ1n) is 10.7. The van der Waals surface area contributed by atoms with Crippen molar-refractivity contribution in [2.24, 2.45) is 0 Å². The number of ether oxygens (including phenoxy) is 4. The molecule has 0 saturated carbocycles. The van der Waals surface area contributed by atoms with E-state index in [-0.39, 0.29) is 41.1 Å². The van der Waals surface area contributed by atoms with Gasteiger partial charge in [-0.2, -0.15) is 0 Å². The standard InChI is InChI=1S/C25H26O8/c1-5-29-24(27)15(3)31-18-12-21(32-16(4)25(28)30-6-2)23-19(26)14-20(33-22(23)13-18)17-10-8-7-9-11-17/h7-16H,5-6H2,1-4H3/t15-,16-/m1/s1. The summed E-state index contributed by atoms with van der Waals surface area (Å²) in [5.41, 5.74) is 0.539. The molecular formula is C25H26O8. The topological polar surface area (TPSA) is 101 Å². The Morgan fingerprint density at radius 1 is 0.879 bits per heavy atom. The molecule has 0 aliphatic rings. The van der Waals surface area contributed by atoms with Crippen LogP contribution >= 0.6 is 0 Å². The van der Waals surface area contributed by atoms with Crippen LogP contribution in [-0.4, -0.2) is 37.4 Å². The van der Waals surface area contributed by atoms with Crippen LogP contribution in [0.2, 0.25) is 0 Å². The first-order valence-corrected chi connectivity index (χ1v) is 10.7. The van der Waals surface area contributed by atoms with Crippen molar-refractivity contribution in [2.75, 3.05) is 13.2 Å². The van der Waals surface area contributed by atoms with Crippen LogP contribution in [0.3, 0.4) is 0 Å². The van der Waals surface area contributed by atoms with E-state index in [1.54, 1.807) is 20.8 Å². The van der Waals surface area contributed by atoms with E-state index in [0.29, 0.717) is 11.3 Å². The van der Waals surface area contributed by atoms with Gasteiger partial charge >= 0.3 is 11.9 Å². The number of rotatable bonds is 9. The maximum absolute atomic E-state index is 13.0.